The third-order valence-corrected chi connectivity index (χ3v) is 10.5. The van der Waals surface area contributed by atoms with E-state index in [4.69, 9.17) is 15.7 Å². The molecule has 0 bridgehead atoms. The Labute approximate surface area is 254 Å². The second-order valence-corrected chi connectivity index (χ2v) is 13.3. The molecular formula is C24H24N7O7S4+. The van der Waals surface area contributed by atoms with Crippen molar-refractivity contribution in [3.05, 3.63) is 40.8 Å². The second-order valence-electron chi connectivity index (χ2n) is 9.01. The third kappa shape index (κ3) is 5.92. The number of carbonyl (C=O) groups is 4. The molecule has 5 heterocycles. The first kappa shape index (κ1) is 29.7. The molecule has 220 valence electrons. The summed E-state index contributed by atoms with van der Waals surface area (Å²) >= 11 is 5.29. The lowest BCUT2D eigenvalue weighted by molar-refractivity contribution is -0.692. The van der Waals surface area contributed by atoms with Crippen molar-refractivity contribution in [3.63, 3.8) is 0 Å². The number of thiazole rings is 2. The van der Waals surface area contributed by atoms with Gasteiger partial charge in [0, 0.05) is 23.0 Å². The fraction of sp³-hybridized carbons (Fsp3) is 0.333. The highest BCUT2D eigenvalue weighted by Gasteiger charge is 2.54. The average Bonchev–Trinajstić information content (AvgIpc) is 3.58. The number of carboxylic acid groups (broad SMARTS) is 2. The second kappa shape index (κ2) is 12.2. The van der Waals surface area contributed by atoms with Crippen LogP contribution in [0.4, 0.5) is 5.13 Å². The minimum atomic E-state index is -1.35. The number of aryl methyl sites for hydroxylation is 1. The number of nitrogens with one attached hydrogen (secondary N) is 1. The highest BCUT2D eigenvalue weighted by molar-refractivity contribution is 8.02. The lowest BCUT2D eigenvalue weighted by Gasteiger charge is -2.49. The van der Waals surface area contributed by atoms with Crippen LogP contribution in [-0.2, 0) is 30.6 Å². The molecule has 14 nitrogen and oxygen atoms in total. The molecule has 18 heteroatoms. The Balaban J connectivity index is 1.30. The van der Waals surface area contributed by atoms with Gasteiger partial charge in [-0.2, -0.15) is 0 Å². The highest BCUT2D eigenvalue weighted by Crippen LogP contribution is 2.42. The summed E-state index contributed by atoms with van der Waals surface area (Å²) in [4.78, 5) is 64.5. The molecule has 0 saturated carbocycles. The largest absolute Gasteiger partial charge is 0.478 e. The molecule has 3 aromatic rings. The van der Waals surface area contributed by atoms with Crippen LogP contribution in [-0.4, -0.2) is 83.6 Å². The Morgan fingerprint density at radius 2 is 2.14 bits per heavy atom. The Bertz CT molecular complexity index is 1650. The molecule has 0 spiro atoms. The molecule has 1 saturated heterocycles. The number of β-lactam (4-membered cyclic amide) rings is 1. The molecule has 5 N–H and O–H groups in total. The van der Waals surface area contributed by atoms with Crippen LogP contribution in [0.2, 0.25) is 0 Å². The molecule has 0 aliphatic carbocycles. The number of rotatable bonds is 11. The van der Waals surface area contributed by atoms with Crippen molar-refractivity contribution in [2.24, 2.45) is 5.16 Å². The summed E-state index contributed by atoms with van der Waals surface area (Å²) in [5.41, 5.74) is 6.68. The summed E-state index contributed by atoms with van der Waals surface area (Å²) in [5, 5.41) is 26.2. The number of hydrogen-bond acceptors (Lipinski definition) is 13. The quantitative estimate of drug-likeness (QED) is 0.0765. The lowest BCUT2D eigenvalue weighted by atomic mass is 10.0. The van der Waals surface area contributed by atoms with Crippen molar-refractivity contribution in [3.8, 4) is 0 Å². The number of carbonyl (C=O) groups excluding carboxylic acids is 2. The zero-order valence-electron chi connectivity index (χ0n) is 22.0. The smallest absolute Gasteiger partial charge is 0.352 e. The van der Waals surface area contributed by atoms with Gasteiger partial charge >= 0.3 is 11.9 Å². The summed E-state index contributed by atoms with van der Waals surface area (Å²) in [5.74, 6) is -3.32. The van der Waals surface area contributed by atoms with Crippen molar-refractivity contribution >= 4 is 91.0 Å². The summed E-state index contributed by atoms with van der Waals surface area (Å²) in [7, 11) is 0. The molecule has 5 rings (SSSR count). The minimum absolute atomic E-state index is 0.0392. The standard InChI is InChI=1S/C24H23N7O7S4/c1-3-30-5-4-14-12(6-30)27-24(42-14)41-8-11-7-39-20-16(19(33)31(20)17(11)22(36)37)28-18(32)15(13-9-40-23(25)26-13)29-38-10(2)21(34)35/h4-6,9-10,16,20H,3,7-8H2,1-2H3,(H4-,25,26,28,32,34,35,36,37)/p+1/t10-,16?,20-/m0/s1. The number of fused-ring (bicyclic) bond motifs is 2. The van der Waals surface area contributed by atoms with Gasteiger partial charge in [0.1, 0.15) is 34.9 Å². The molecule has 2 aliphatic heterocycles. The van der Waals surface area contributed by atoms with Crippen molar-refractivity contribution in [1.29, 1.82) is 0 Å². The number of nitrogens with two attached hydrogens (primary N) is 1. The molecule has 3 atom stereocenters. The molecule has 1 unspecified atom stereocenters. The van der Waals surface area contributed by atoms with Gasteiger partial charge in [0.15, 0.2) is 27.6 Å². The van der Waals surface area contributed by atoms with Crippen molar-refractivity contribution in [1.82, 2.24) is 20.2 Å². The van der Waals surface area contributed by atoms with Gasteiger partial charge in [-0.05, 0) is 19.4 Å². The van der Waals surface area contributed by atoms with Crippen LogP contribution >= 0.6 is 46.2 Å². The van der Waals surface area contributed by atoms with E-state index >= 15 is 0 Å². The Morgan fingerprint density at radius 3 is 2.81 bits per heavy atom. The zero-order valence-corrected chi connectivity index (χ0v) is 25.3. The SMILES string of the molecule is CC[n+]1ccc2sc(SCC3=C(C(=O)O)N4C(=O)C(NC(=O)C(=NO[C@@H](C)C(=O)O)c5csc(N)n5)[C@@H]4SC3)nc2c1. The number of aliphatic carboxylic acids is 2. The van der Waals surface area contributed by atoms with Gasteiger partial charge in [-0.25, -0.2) is 24.1 Å². The van der Waals surface area contributed by atoms with Crippen LogP contribution in [0.25, 0.3) is 10.2 Å². The Hall–Kier alpha value is -3.74. The van der Waals surface area contributed by atoms with Gasteiger partial charge < -0.3 is 26.1 Å². The first-order chi connectivity index (χ1) is 20.1. The van der Waals surface area contributed by atoms with Crippen LogP contribution < -0.4 is 15.6 Å². The third-order valence-electron chi connectivity index (χ3n) is 6.27. The number of carboxylic acids is 2. The van der Waals surface area contributed by atoms with Crippen molar-refractivity contribution < 1.29 is 38.8 Å². The number of hydrogen-bond donors (Lipinski definition) is 4. The van der Waals surface area contributed by atoms with E-state index in [0.29, 0.717) is 17.1 Å². The number of thioether (sulfide) groups is 2. The maximum Gasteiger partial charge on any atom is 0.352 e. The Morgan fingerprint density at radius 1 is 1.36 bits per heavy atom. The first-order valence-corrected chi connectivity index (χ1v) is 16.1. The molecule has 3 aromatic heterocycles. The summed E-state index contributed by atoms with van der Waals surface area (Å²) in [6.07, 6.45) is 2.59. The maximum atomic E-state index is 13.2. The van der Waals surface area contributed by atoms with E-state index < -0.39 is 41.3 Å². The van der Waals surface area contributed by atoms with Gasteiger partial charge in [0.05, 0.1) is 4.70 Å². The number of anilines is 1. The van der Waals surface area contributed by atoms with Crippen LogP contribution in [0.15, 0.2) is 44.6 Å². The molecule has 42 heavy (non-hydrogen) atoms. The van der Waals surface area contributed by atoms with Crippen molar-refractivity contribution in [2.75, 3.05) is 17.2 Å². The number of aromatic nitrogens is 3. The van der Waals surface area contributed by atoms with E-state index in [9.17, 15) is 24.3 Å². The van der Waals surface area contributed by atoms with Crippen LogP contribution in [0, 0.1) is 0 Å². The number of nitrogens with zero attached hydrogens (tertiary/aromatic N) is 5. The summed E-state index contributed by atoms with van der Waals surface area (Å²) < 4.78 is 3.84. The topological polar surface area (TPSA) is 201 Å². The predicted molar refractivity (Wildman–Crippen MR) is 157 cm³/mol. The fourth-order valence-electron chi connectivity index (χ4n) is 4.09. The highest BCUT2D eigenvalue weighted by atomic mass is 32.2. The summed E-state index contributed by atoms with van der Waals surface area (Å²) in [6, 6.07) is 0.952. The van der Waals surface area contributed by atoms with E-state index in [-0.39, 0.29) is 22.2 Å². The van der Waals surface area contributed by atoms with Gasteiger partial charge in [-0.15, -0.1) is 34.4 Å². The lowest BCUT2D eigenvalue weighted by Crippen LogP contribution is -2.71. The van der Waals surface area contributed by atoms with E-state index in [0.717, 1.165) is 32.4 Å². The molecule has 2 aliphatic rings. The molecule has 0 aromatic carbocycles. The number of amides is 2. The first-order valence-electron chi connectivity index (χ1n) is 12.4. The van der Waals surface area contributed by atoms with Crippen LogP contribution in [0.1, 0.15) is 19.5 Å². The van der Waals surface area contributed by atoms with E-state index in [1.165, 1.54) is 52.1 Å². The van der Waals surface area contributed by atoms with E-state index in [2.05, 4.69) is 20.4 Å². The van der Waals surface area contributed by atoms with Crippen LogP contribution in [0.3, 0.4) is 0 Å². The average molecular weight is 651 g/mol. The molecule has 2 amide bonds. The van der Waals surface area contributed by atoms with Gasteiger partial charge in [-0.3, -0.25) is 14.5 Å². The predicted octanol–water partition coefficient (Wildman–Crippen LogP) is 1.37. The van der Waals surface area contributed by atoms with E-state index in [1.54, 1.807) is 0 Å². The number of nitrogen functional groups attached to an aromatic ring is 1. The van der Waals surface area contributed by atoms with E-state index in [1.807, 2.05) is 30.0 Å². The normalized spacial score (nSPS) is 19.3. The molecular weight excluding hydrogens is 627 g/mol. The van der Waals surface area contributed by atoms with Gasteiger partial charge in [-0.1, -0.05) is 16.9 Å². The zero-order chi connectivity index (χ0) is 30.1. The van der Waals surface area contributed by atoms with Crippen molar-refractivity contribution in [2.45, 2.75) is 42.3 Å². The summed E-state index contributed by atoms with van der Waals surface area (Å²) in [6.45, 7) is 4.09. The Kier molecular flexibility index (Phi) is 8.67. The number of oxime groups is 1. The number of pyridine rings is 1. The molecule has 0 radical (unpaired) electrons. The molecule has 1 fully saturated rings. The fourth-order valence-corrected chi connectivity index (χ4v) is 8.16. The van der Waals surface area contributed by atoms with Gasteiger partial charge in [0.25, 0.3) is 11.8 Å². The monoisotopic (exact) mass is 650 g/mol. The van der Waals surface area contributed by atoms with Crippen LogP contribution in [0.5, 0.6) is 0 Å². The minimum Gasteiger partial charge on any atom is -0.478 e. The maximum absolute atomic E-state index is 13.2. The van der Waals surface area contributed by atoms with Gasteiger partial charge in [0.2, 0.25) is 6.10 Å².